The summed E-state index contributed by atoms with van der Waals surface area (Å²) < 4.78 is 0. The van der Waals surface area contributed by atoms with Crippen LogP contribution in [0, 0.1) is 17.8 Å². The van der Waals surface area contributed by atoms with Crippen LogP contribution in [0.3, 0.4) is 0 Å². The first kappa shape index (κ1) is 19.3. The maximum absolute atomic E-state index is 12.1. The van der Waals surface area contributed by atoms with Crippen molar-refractivity contribution in [2.24, 2.45) is 17.8 Å². The average molecular weight is 379 g/mol. The summed E-state index contributed by atoms with van der Waals surface area (Å²) in [7, 11) is 0. The van der Waals surface area contributed by atoms with Gasteiger partial charge in [-0.05, 0) is 61.5 Å². The van der Waals surface area contributed by atoms with Crippen LogP contribution in [0.4, 0.5) is 0 Å². The first-order chi connectivity index (χ1) is 12.5. The van der Waals surface area contributed by atoms with Crippen molar-refractivity contribution in [2.75, 3.05) is 38.5 Å². The lowest BCUT2D eigenvalue weighted by Crippen LogP contribution is -2.63. The van der Waals surface area contributed by atoms with Crippen molar-refractivity contribution in [3.8, 4) is 0 Å². The summed E-state index contributed by atoms with van der Waals surface area (Å²) in [6.45, 7) is 10.2. The Morgan fingerprint density at radius 1 is 0.962 bits per heavy atom. The number of thioether (sulfide) groups is 1. The number of hydrogen-bond donors (Lipinski definition) is 0. The van der Waals surface area contributed by atoms with Gasteiger partial charge in [-0.25, -0.2) is 0 Å². The van der Waals surface area contributed by atoms with Gasteiger partial charge >= 0.3 is 0 Å². The second-order valence-corrected chi connectivity index (χ2v) is 11.6. The van der Waals surface area contributed by atoms with E-state index in [4.69, 9.17) is 0 Å². The molecule has 0 N–H and O–H groups in total. The van der Waals surface area contributed by atoms with Crippen LogP contribution >= 0.6 is 11.8 Å². The van der Waals surface area contributed by atoms with Crippen LogP contribution in [0.25, 0.3) is 0 Å². The molecule has 5 rings (SSSR count). The topological polar surface area (TPSA) is 23.6 Å². The number of Topliss-reactive ketones (excluding diaryl/α,β-unsaturated/α-hetero) is 1. The van der Waals surface area contributed by atoms with Crippen LogP contribution in [-0.4, -0.2) is 64.8 Å². The van der Waals surface area contributed by atoms with E-state index >= 15 is 0 Å². The van der Waals surface area contributed by atoms with Crippen LogP contribution in [-0.2, 0) is 4.79 Å². The highest BCUT2D eigenvalue weighted by atomic mass is 32.2. The van der Waals surface area contributed by atoms with Crippen LogP contribution < -0.4 is 0 Å². The molecule has 0 aromatic carbocycles. The monoisotopic (exact) mass is 378 g/mol. The lowest BCUT2D eigenvalue weighted by Gasteiger charge is -2.61. The molecule has 0 unspecified atom stereocenters. The van der Waals surface area contributed by atoms with Crippen molar-refractivity contribution >= 4 is 17.5 Å². The normalized spacial score (nSPS) is 37.6. The van der Waals surface area contributed by atoms with Gasteiger partial charge in [0.1, 0.15) is 5.78 Å². The van der Waals surface area contributed by atoms with Gasteiger partial charge in [0.2, 0.25) is 0 Å². The molecule has 0 spiro atoms. The number of carbonyl (C=O) groups is 1. The fourth-order valence-corrected chi connectivity index (χ4v) is 7.53. The Bertz CT molecular complexity index is 463. The Labute approximate surface area is 164 Å². The van der Waals surface area contributed by atoms with E-state index in [1.807, 2.05) is 11.8 Å². The summed E-state index contributed by atoms with van der Waals surface area (Å²) in [6, 6.07) is 0. The molecular formula is C22H38N2OS. The van der Waals surface area contributed by atoms with Gasteiger partial charge < -0.3 is 4.90 Å². The standard InChI is InChI=1S/C22H38N2OS/c1-17(2)26-10-4-21(25)3-5-23-6-8-24(9-7-23)22-14-18-11-19(15-22)13-20(12-18)16-22/h17-20H,3-16H2,1-2H3. The zero-order valence-corrected chi connectivity index (χ0v) is 17.7. The number of piperazine rings is 1. The number of carbonyl (C=O) groups excluding carboxylic acids is 1. The van der Waals surface area contributed by atoms with E-state index in [0.29, 0.717) is 16.6 Å². The predicted octanol–water partition coefficient (Wildman–Crippen LogP) is 4.06. The lowest BCUT2D eigenvalue weighted by molar-refractivity contribution is -0.119. The van der Waals surface area contributed by atoms with Gasteiger partial charge in [0.15, 0.2) is 0 Å². The summed E-state index contributed by atoms with van der Waals surface area (Å²) >= 11 is 1.91. The summed E-state index contributed by atoms with van der Waals surface area (Å²) in [4.78, 5) is 17.5. The molecule has 0 radical (unpaired) electrons. The first-order valence-corrected chi connectivity index (χ1v) is 12.2. The van der Waals surface area contributed by atoms with E-state index in [1.165, 1.54) is 64.7 Å². The zero-order valence-electron chi connectivity index (χ0n) is 16.9. The summed E-state index contributed by atoms with van der Waals surface area (Å²) in [5.41, 5.74) is 0.574. The van der Waals surface area contributed by atoms with Crippen molar-refractivity contribution in [1.29, 1.82) is 0 Å². The molecule has 0 atom stereocenters. The number of rotatable bonds is 8. The van der Waals surface area contributed by atoms with Crippen LogP contribution in [0.15, 0.2) is 0 Å². The highest BCUT2D eigenvalue weighted by Gasteiger charge is 2.53. The SMILES string of the molecule is CC(C)SCCC(=O)CCN1CCN(C23CC4CC(CC(C4)C2)C3)CC1. The second kappa shape index (κ2) is 8.13. The molecule has 0 aromatic heterocycles. The van der Waals surface area contributed by atoms with E-state index in [0.717, 1.165) is 42.9 Å². The average Bonchev–Trinajstić information content (AvgIpc) is 2.59. The van der Waals surface area contributed by atoms with Crippen molar-refractivity contribution in [1.82, 2.24) is 9.80 Å². The molecule has 0 amide bonds. The van der Waals surface area contributed by atoms with E-state index in [2.05, 4.69) is 23.6 Å². The Morgan fingerprint density at radius 2 is 1.54 bits per heavy atom. The number of ketones is 1. The lowest BCUT2D eigenvalue weighted by atomic mass is 9.52. The van der Waals surface area contributed by atoms with E-state index in [-0.39, 0.29) is 0 Å². The smallest absolute Gasteiger partial charge is 0.135 e. The maximum Gasteiger partial charge on any atom is 0.135 e. The molecule has 4 aliphatic carbocycles. The highest BCUT2D eigenvalue weighted by Crippen LogP contribution is 2.57. The second-order valence-electron chi connectivity index (χ2n) is 9.93. The number of nitrogens with zero attached hydrogens (tertiary/aromatic N) is 2. The molecule has 4 saturated carbocycles. The molecule has 3 nitrogen and oxygen atoms in total. The van der Waals surface area contributed by atoms with E-state index in [1.54, 1.807) is 0 Å². The molecule has 5 fully saturated rings. The molecule has 4 heteroatoms. The molecule has 1 heterocycles. The minimum absolute atomic E-state index is 0.460. The third-order valence-corrected chi connectivity index (χ3v) is 8.69. The van der Waals surface area contributed by atoms with Gasteiger partial charge in [0.05, 0.1) is 0 Å². The highest BCUT2D eigenvalue weighted by molar-refractivity contribution is 7.99. The molecule has 148 valence electrons. The fourth-order valence-electron chi connectivity index (χ4n) is 6.71. The summed E-state index contributed by atoms with van der Waals surface area (Å²) in [6.07, 6.45) is 10.6. The molecular weight excluding hydrogens is 340 g/mol. The molecule has 1 saturated heterocycles. The Kier molecular flexibility index (Phi) is 6.02. The Hall–Kier alpha value is -0.0600. The third-order valence-electron chi connectivity index (χ3n) is 7.59. The minimum Gasteiger partial charge on any atom is -0.300 e. The predicted molar refractivity (Wildman–Crippen MR) is 111 cm³/mol. The number of hydrogen-bond acceptors (Lipinski definition) is 4. The zero-order chi connectivity index (χ0) is 18.1. The van der Waals surface area contributed by atoms with E-state index < -0.39 is 0 Å². The van der Waals surface area contributed by atoms with Crippen molar-refractivity contribution in [3.63, 3.8) is 0 Å². The molecule has 0 aromatic rings. The molecule has 4 bridgehead atoms. The van der Waals surface area contributed by atoms with Gasteiger partial charge in [0, 0.05) is 56.9 Å². The van der Waals surface area contributed by atoms with Gasteiger partial charge in [-0.15, -0.1) is 0 Å². The maximum atomic E-state index is 12.1. The minimum atomic E-state index is 0.460. The quantitative estimate of drug-likeness (QED) is 0.635. The van der Waals surface area contributed by atoms with E-state index in [9.17, 15) is 4.79 Å². The first-order valence-electron chi connectivity index (χ1n) is 11.1. The van der Waals surface area contributed by atoms with Crippen molar-refractivity contribution in [2.45, 2.75) is 76.0 Å². The third kappa shape index (κ3) is 4.33. The Balaban J connectivity index is 1.19. The van der Waals surface area contributed by atoms with Crippen LogP contribution in [0.1, 0.15) is 65.2 Å². The Morgan fingerprint density at radius 3 is 2.08 bits per heavy atom. The summed E-state index contributed by atoms with van der Waals surface area (Å²) in [5.74, 6) is 4.58. The van der Waals surface area contributed by atoms with Gasteiger partial charge in [-0.3, -0.25) is 9.69 Å². The molecule has 5 aliphatic rings. The van der Waals surface area contributed by atoms with Crippen molar-refractivity contribution < 1.29 is 4.79 Å². The molecule has 26 heavy (non-hydrogen) atoms. The van der Waals surface area contributed by atoms with Crippen LogP contribution in [0.5, 0.6) is 0 Å². The summed E-state index contributed by atoms with van der Waals surface area (Å²) in [5, 5.41) is 0.639. The van der Waals surface area contributed by atoms with Gasteiger partial charge in [-0.2, -0.15) is 11.8 Å². The molecule has 1 aliphatic heterocycles. The van der Waals surface area contributed by atoms with Crippen LogP contribution in [0.2, 0.25) is 0 Å². The van der Waals surface area contributed by atoms with Gasteiger partial charge in [-0.1, -0.05) is 13.8 Å². The largest absolute Gasteiger partial charge is 0.300 e. The fraction of sp³-hybridized carbons (Fsp3) is 0.955. The van der Waals surface area contributed by atoms with Crippen molar-refractivity contribution in [3.05, 3.63) is 0 Å². The van der Waals surface area contributed by atoms with Gasteiger partial charge in [0.25, 0.3) is 0 Å².